The van der Waals surface area contributed by atoms with Crippen LogP contribution in [0.2, 0.25) is 0 Å². The molecule has 0 aromatic heterocycles. The third kappa shape index (κ3) is 22.8. The van der Waals surface area contributed by atoms with Crippen molar-refractivity contribution in [3.8, 4) is 23.3 Å². The summed E-state index contributed by atoms with van der Waals surface area (Å²) in [6.07, 6.45) is 28.1. The van der Waals surface area contributed by atoms with Crippen molar-refractivity contribution in [3.05, 3.63) is 85.0 Å². The molecule has 0 amide bonds. The molecule has 8 heteroatoms. The van der Waals surface area contributed by atoms with E-state index in [4.69, 9.17) is 23.7 Å². The maximum atomic E-state index is 12.4. The Morgan fingerprint density at radius 1 is 0.544 bits per heavy atom. The van der Waals surface area contributed by atoms with Gasteiger partial charge in [-0.15, -0.1) is 0 Å². The van der Waals surface area contributed by atoms with Crippen LogP contribution < -0.4 is 9.47 Å². The van der Waals surface area contributed by atoms with Crippen LogP contribution >= 0.6 is 0 Å². The smallest absolute Gasteiger partial charge is 0.390 e. The number of carbonyl (C=O) groups excluding carboxylic acids is 3. The zero-order valence-electron chi connectivity index (χ0n) is 34.5. The Bertz CT molecular complexity index is 1480. The molecule has 0 bridgehead atoms. The average Bonchev–Trinajstić information content (AvgIpc) is 3.24. The molecule has 0 spiro atoms. The van der Waals surface area contributed by atoms with Crippen LogP contribution in [0, 0.1) is 11.8 Å². The molecule has 8 nitrogen and oxygen atoms in total. The summed E-state index contributed by atoms with van der Waals surface area (Å²) in [5.41, 5.74) is 2.12. The number of carbonyl (C=O) groups is 3. The lowest BCUT2D eigenvalue weighted by atomic mass is 9.82. The zero-order valence-corrected chi connectivity index (χ0v) is 34.5. The summed E-state index contributed by atoms with van der Waals surface area (Å²) in [5.74, 6) is 6.02. The van der Waals surface area contributed by atoms with E-state index in [1.54, 1.807) is 12.1 Å². The molecular formula is C49H68O8. The van der Waals surface area contributed by atoms with Gasteiger partial charge in [-0.05, 0) is 99.2 Å². The van der Waals surface area contributed by atoms with E-state index < -0.39 is 5.97 Å². The molecule has 2 aromatic carbocycles. The van der Waals surface area contributed by atoms with Gasteiger partial charge in [0.1, 0.15) is 11.5 Å². The molecule has 0 radical (unpaired) electrons. The fourth-order valence-corrected chi connectivity index (χ4v) is 7.05. The highest BCUT2D eigenvalue weighted by molar-refractivity contribution is 5.90. The van der Waals surface area contributed by atoms with Crippen LogP contribution in [0.25, 0.3) is 0 Å². The molecule has 3 rings (SSSR count). The van der Waals surface area contributed by atoms with Gasteiger partial charge in [0.15, 0.2) is 0 Å². The Morgan fingerprint density at radius 3 is 1.47 bits per heavy atom. The van der Waals surface area contributed by atoms with Crippen LogP contribution in [-0.2, 0) is 28.6 Å². The predicted octanol–water partition coefficient (Wildman–Crippen LogP) is 11.5. The number of unbranched alkanes of at least 4 members (excludes halogenated alkanes) is 16. The number of benzene rings is 2. The van der Waals surface area contributed by atoms with Crippen molar-refractivity contribution in [2.24, 2.45) is 0 Å². The topological polar surface area (TPSA) is 97.4 Å². The molecule has 0 unspecified atom stereocenters. The molecule has 2 aromatic rings. The molecule has 0 aliphatic heterocycles. The van der Waals surface area contributed by atoms with E-state index >= 15 is 0 Å². The molecular weight excluding hydrogens is 717 g/mol. The first-order valence-corrected chi connectivity index (χ1v) is 21.7. The lowest BCUT2D eigenvalue weighted by Crippen LogP contribution is -2.21. The van der Waals surface area contributed by atoms with Crippen LogP contribution in [-0.4, -0.2) is 50.4 Å². The molecule has 1 aliphatic rings. The average molecular weight is 785 g/mol. The lowest BCUT2D eigenvalue weighted by molar-refractivity contribution is -0.138. The number of ether oxygens (including phenoxy) is 5. The second-order valence-electron chi connectivity index (χ2n) is 15.0. The van der Waals surface area contributed by atoms with Gasteiger partial charge in [-0.25, -0.2) is 14.4 Å². The van der Waals surface area contributed by atoms with E-state index in [2.05, 4.69) is 37.1 Å². The van der Waals surface area contributed by atoms with E-state index in [0.29, 0.717) is 37.6 Å². The normalized spacial score (nSPS) is 14.8. The summed E-state index contributed by atoms with van der Waals surface area (Å²) in [6, 6.07) is 15.4. The van der Waals surface area contributed by atoms with E-state index in [-0.39, 0.29) is 11.9 Å². The van der Waals surface area contributed by atoms with Gasteiger partial charge < -0.3 is 23.7 Å². The molecule has 1 aliphatic carbocycles. The van der Waals surface area contributed by atoms with Crippen LogP contribution in [0.3, 0.4) is 0 Å². The third-order valence-electron chi connectivity index (χ3n) is 10.4. The Balaban J connectivity index is 1.17. The second-order valence-corrected chi connectivity index (χ2v) is 15.0. The van der Waals surface area contributed by atoms with Crippen molar-refractivity contribution in [3.63, 3.8) is 0 Å². The predicted molar refractivity (Wildman–Crippen MR) is 227 cm³/mol. The van der Waals surface area contributed by atoms with Gasteiger partial charge >= 0.3 is 17.9 Å². The minimum absolute atomic E-state index is 0.331. The summed E-state index contributed by atoms with van der Waals surface area (Å²) in [7, 11) is 0. The number of hydrogen-bond acceptors (Lipinski definition) is 8. The van der Waals surface area contributed by atoms with Gasteiger partial charge in [0.05, 0.1) is 25.9 Å². The molecule has 312 valence electrons. The van der Waals surface area contributed by atoms with Crippen molar-refractivity contribution < 1.29 is 38.1 Å². The summed E-state index contributed by atoms with van der Waals surface area (Å²) in [5, 5.41) is 0. The molecule has 1 fully saturated rings. The summed E-state index contributed by atoms with van der Waals surface area (Å²) in [6.45, 7) is 9.30. The molecule has 0 atom stereocenters. The highest BCUT2D eigenvalue weighted by Gasteiger charge is 2.22. The maximum Gasteiger partial charge on any atom is 0.390 e. The van der Waals surface area contributed by atoms with Crippen molar-refractivity contribution in [2.45, 2.75) is 153 Å². The summed E-state index contributed by atoms with van der Waals surface area (Å²) >= 11 is 0. The van der Waals surface area contributed by atoms with Crippen LogP contribution in [0.4, 0.5) is 0 Å². The van der Waals surface area contributed by atoms with E-state index in [1.165, 1.54) is 88.3 Å². The lowest BCUT2D eigenvalue weighted by Gasteiger charge is -2.29. The zero-order chi connectivity index (χ0) is 40.6. The van der Waals surface area contributed by atoms with Gasteiger partial charge in [0.25, 0.3) is 0 Å². The second kappa shape index (κ2) is 30.7. The van der Waals surface area contributed by atoms with Gasteiger partial charge in [0, 0.05) is 30.2 Å². The quantitative estimate of drug-likeness (QED) is 0.0254. The molecule has 1 saturated carbocycles. The minimum atomic E-state index is -0.589. The first-order valence-electron chi connectivity index (χ1n) is 21.7. The Labute approximate surface area is 343 Å². The highest BCUT2D eigenvalue weighted by atomic mass is 16.5. The number of esters is 3. The monoisotopic (exact) mass is 784 g/mol. The van der Waals surface area contributed by atoms with Crippen molar-refractivity contribution in [1.29, 1.82) is 0 Å². The van der Waals surface area contributed by atoms with E-state index in [1.807, 2.05) is 24.3 Å². The molecule has 0 heterocycles. The van der Waals surface area contributed by atoms with Crippen molar-refractivity contribution in [2.75, 3.05) is 26.4 Å². The first-order chi connectivity index (χ1) is 28.0. The van der Waals surface area contributed by atoms with E-state index in [0.717, 1.165) is 88.5 Å². The molecule has 0 N–H and O–H groups in total. The molecule has 0 saturated heterocycles. The Morgan fingerprint density at radius 2 is 0.982 bits per heavy atom. The standard InChI is InChI=1S/C49H68O8/c1-3-47(50)55-39-21-17-13-9-5-7-11-15-19-37-53-44-30-28-43(29-31-44)42-26-23-41(24-27-42)25-36-49(52)57-46-34-32-45(33-35-46)54-38-20-16-12-8-6-10-14-18-22-40-56-48(51)4-2/h3-4,23-24,26-27,32-35,43-44H,1-2,5-22,28-31,37-40H2. The summed E-state index contributed by atoms with van der Waals surface area (Å²) in [4.78, 5) is 34.4. The Hall–Kier alpha value is -4.35. The number of hydrogen-bond donors (Lipinski definition) is 0. The first kappa shape index (κ1) is 47.0. The molecule has 57 heavy (non-hydrogen) atoms. The highest BCUT2D eigenvalue weighted by Crippen LogP contribution is 2.34. The Kier molecular flexibility index (Phi) is 25.4. The third-order valence-corrected chi connectivity index (χ3v) is 10.4. The van der Waals surface area contributed by atoms with Crippen LogP contribution in [0.15, 0.2) is 73.8 Å². The van der Waals surface area contributed by atoms with Crippen molar-refractivity contribution >= 4 is 17.9 Å². The minimum Gasteiger partial charge on any atom is -0.494 e. The summed E-state index contributed by atoms with van der Waals surface area (Å²) < 4.78 is 27.5. The van der Waals surface area contributed by atoms with Gasteiger partial charge in [-0.1, -0.05) is 121 Å². The SMILES string of the molecule is C=CC(=O)OCCCCCCCCCCCOc1ccc(OC(=O)C#Cc2ccc(C3CCC(OCCCCCCCCCCCOC(=O)C=C)CC3)cc2)cc1. The van der Waals surface area contributed by atoms with Crippen LogP contribution in [0.1, 0.15) is 158 Å². The largest absolute Gasteiger partial charge is 0.494 e. The maximum absolute atomic E-state index is 12.4. The van der Waals surface area contributed by atoms with Gasteiger partial charge in [-0.3, -0.25) is 0 Å². The van der Waals surface area contributed by atoms with Crippen molar-refractivity contribution in [1.82, 2.24) is 0 Å². The fourth-order valence-electron chi connectivity index (χ4n) is 7.05. The van der Waals surface area contributed by atoms with Gasteiger partial charge in [-0.2, -0.15) is 0 Å². The fraction of sp³-hybridized carbons (Fsp3) is 0.571. The van der Waals surface area contributed by atoms with Gasteiger partial charge in [0.2, 0.25) is 0 Å². The van der Waals surface area contributed by atoms with Crippen LogP contribution in [0.5, 0.6) is 11.5 Å². The number of rotatable bonds is 30. The van der Waals surface area contributed by atoms with E-state index in [9.17, 15) is 14.4 Å².